The van der Waals surface area contributed by atoms with Crippen LogP contribution >= 0.6 is 11.8 Å². The lowest BCUT2D eigenvalue weighted by Crippen LogP contribution is -2.50. The molecule has 0 aromatic heterocycles. The molecule has 0 spiro atoms. The van der Waals surface area contributed by atoms with Gasteiger partial charge in [-0.25, -0.2) is 0 Å². The van der Waals surface area contributed by atoms with Crippen LogP contribution in [-0.2, 0) is 21.9 Å². The normalized spacial score (nSPS) is 15.1. The molecule has 154 valence electrons. The largest absolute Gasteiger partial charge is 0.352 e. The van der Waals surface area contributed by atoms with Gasteiger partial charge in [0.25, 0.3) is 0 Å². The molecule has 3 rings (SSSR count). The van der Waals surface area contributed by atoms with E-state index in [1.54, 1.807) is 16.7 Å². The molecule has 0 heterocycles. The first kappa shape index (κ1) is 21.4. The Hall–Kier alpha value is -2.27. The summed E-state index contributed by atoms with van der Waals surface area (Å²) in [5.41, 5.74) is 2.24. The fourth-order valence-electron chi connectivity index (χ4n) is 3.67. The number of carbonyl (C=O) groups excluding carboxylic acids is 2. The molecule has 1 fully saturated rings. The number of thioether (sulfide) groups is 1. The summed E-state index contributed by atoms with van der Waals surface area (Å²) in [6.07, 6.45) is 4.42. The van der Waals surface area contributed by atoms with Gasteiger partial charge in [-0.15, -0.1) is 11.8 Å². The maximum Gasteiger partial charge on any atom is 0.242 e. The van der Waals surface area contributed by atoms with Crippen molar-refractivity contribution in [2.75, 3.05) is 5.75 Å². The third-order valence-electron chi connectivity index (χ3n) is 5.40. The molecule has 0 bridgehead atoms. The average molecular weight is 411 g/mol. The minimum Gasteiger partial charge on any atom is -0.352 e. The molecule has 1 aliphatic carbocycles. The molecule has 1 saturated carbocycles. The zero-order valence-corrected chi connectivity index (χ0v) is 17.9. The van der Waals surface area contributed by atoms with Gasteiger partial charge in [0.05, 0.1) is 5.75 Å². The molecule has 0 saturated heterocycles. The topological polar surface area (TPSA) is 49.4 Å². The van der Waals surface area contributed by atoms with Crippen molar-refractivity contribution in [3.63, 3.8) is 0 Å². The summed E-state index contributed by atoms with van der Waals surface area (Å²) < 4.78 is 0. The molecule has 0 aliphatic heterocycles. The smallest absolute Gasteiger partial charge is 0.242 e. The Morgan fingerprint density at radius 1 is 1.00 bits per heavy atom. The van der Waals surface area contributed by atoms with E-state index in [0.29, 0.717) is 12.3 Å². The van der Waals surface area contributed by atoms with Gasteiger partial charge >= 0.3 is 0 Å². The van der Waals surface area contributed by atoms with Crippen LogP contribution in [0.4, 0.5) is 0 Å². The van der Waals surface area contributed by atoms with Gasteiger partial charge in [0.15, 0.2) is 0 Å². The zero-order chi connectivity index (χ0) is 20.5. The van der Waals surface area contributed by atoms with Crippen LogP contribution in [0, 0.1) is 0 Å². The average Bonchev–Trinajstić information content (AvgIpc) is 3.26. The number of carbonyl (C=O) groups is 2. The van der Waals surface area contributed by atoms with Crippen LogP contribution in [-0.4, -0.2) is 34.6 Å². The number of hydrogen-bond donors (Lipinski definition) is 1. The van der Waals surface area contributed by atoms with Crippen LogP contribution in [0.5, 0.6) is 0 Å². The summed E-state index contributed by atoms with van der Waals surface area (Å²) in [5, 5.41) is 3.14. The number of nitrogens with one attached hydrogen (secondary N) is 1. The summed E-state index contributed by atoms with van der Waals surface area (Å²) in [5.74, 6) is 1.11. The standard InChI is InChI=1S/C24H30N2O2S/c1-19(24(28)25-22-14-8-9-15-22)26(16-20-10-4-2-5-11-20)23(27)18-29-17-21-12-6-3-7-13-21/h2-7,10-13,19,22H,8-9,14-18H2,1H3,(H,25,28)/t19-/m0/s1. The van der Waals surface area contributed by atoms with Crippen LogP contribution in [0.2, 0.25) is 0 Å². The van der Waals surface area contributed by atoms with Crippen molar-refractivity contribution in [3.8, 4) is 0 Å². The highest BCUT2D eigenvalue weighted by Gasteiger charge is 2.28. The van der Waals surface area contributed by atoms with E-state index < -0.39 is 6.04 Å². The Labute approximate surface area is 178 Å². The second-order valence-electron chi connectivity index (χ2n) is 7.65. The van der Waals surface area contributed by atoms with E-state index in [1.807, 2.05) is 55.5 Å². The van der Waals surface area contributed by atoms with E-state index in [0.717, 1.165) is 24.2 Å². The van der Waals surface area contributed by atoms with E-state index >= 15 is 0 Å². The first-order chi connectivity index (χ1) is 14.1. The van der Waals surface area contributed by atoms with Crippen LogP contribution < -0.4 is 5.32 Å². The van der Waals surface area contributed by atoms with E-state index in [9.17, 15) is 9.59 Å². The second-order valence-corrected chi connectivity index (χ2v) is 8.64. The second kappa shape index (κ2) is 11.1. The van der Waals surface area contributed by atoms with Gasteiger partial charge in [0.2, 0.25) is 11.8 Å². The fourth-order valence-corrected chi connectivity index (χ4v) is 4.54. The Morgan fingerprint density at radius 2 is 1.59 bits per heavy atom. The van der Waals surface area contributed by atoms with Gasteiger partial charge in [-0.2, -0.15) is 0 Å². The minimum absolute atomic E-state index is 0.00357. The van der Waals surface area contributed by atoms with Gasteiger partial charge in [-0.05, 0) is 30.9 Å². The molecule has 5 heteroatoms. The number of hydrogen-bond acceptors (Lipinski definition) is 3. The molecule has 2 aromatic carbocycles. The lowest BCUT2D eigenvalue weighted by atomic mass is 10.1. The maximum atomic E-state index is 13.0. The lowest BCUT2D eigenvalue weighted by Gasteiger charge is -2.29. The summed E-state index contributed by atoms with van der Waals surface area (Å²) in [7, 11) is 0. The molecule has 0 radical (unpaired) electrons. The molecular formula is C24H30N2O2S. The van der Waals surface area contributed by atoms with Crippen molar-refractivity contribution in [1.29, 1.82) is 0 Å². The van der Waals surface area contributed by atoms with Gasteiger partial charge in [0.1, 0.15) is 6.04 Å². The zero-order valence-electron chi connectivity index (χ0n) is 17.0. The SMILES string of the molecule is C[C@@H](C(=O)NC1CCCC1)N(Cc1ccccc1)C(=O)CSCc1ccccc1. The van der Waals surface area contributed by atoms with Crippen molar-refractivity contribution < 1.29 is 9.59 Å². The van der Waals surface area contributed by atoms with Crippen LogP contribution in [0.1, 0.15) is 43.7 Å². The Balaban J connectivity index is 1.62. The number of benzene rings is 2. The highest BCUT2D eigenvalue weighted by Crippen LogP contribution is 2.19. The summed E-state index contributed by atoms with van der Waals surface area (Å²) in [6, 6.07) is 19.8. The van der Waals surface area contributed by atoms with Crippen LogP contribution in [0.3, 0.4) is 0 Å². The van der Waals surface area contributed by atoms with Crippen molar-refractivity contribution in [1.82, 2.24) is 10.2 Å². The van der Waals surface area contributed by atoms with Crippen LogP contribution in [0.15, 0.2) is 60.7 Å². The molecule has 2 amide bonds. The molecular weight excluding hydrogens is 380 g/mol. The van der Waals surface area contributed by atoms with Gasteiger partial charge in [-0.3, -0.25) is 9.59 Å². The van der Waals surface area contributed by atoms with Gasteiger partial charge in [-0.1, -0.05) is 73.5 Å². The molecule has 1 aliphatic rings. The Bertz CT molecular complexity index is 776. The molecule has 4 nitrogen and oxygen atoms in total. The van der Waals surface area contributed by atoms with E-state index in [1.165, 1.54) is 18.4 Å². The van der Waals surface area contributed by atoms with Crippen molar-refractivity contribution in [3.05, 3.63) is 71.8 Å². The number of nitrogens with zero attached hydrogens (tertiary/aromatic N) is 1. The third-order valence-corrected chi connectivity index (χ3v) is 6.39. The summed E-state index contributed by atoms with van der Waals surface area (Å²) in [6.45, 7) is 2.29. The molecule has 29 heavy (non-hydrogen) atoms. The Kier molecular flexibility index (Phi) is 8.17. The number of amides is 2. The minimum atomic E-state index is -0.486. The predicted octanol–water partition coefficient (Wildman–Crippen LogP) is 4.40. The summed E-state index contributed by atoms with van der Waals surface area (Å²) in [4.78, 5) is 27.6. The highest BCUT2D eigenvalue weighted by atomic mass is 32.2. The molecule has 2 aromatic rings. The molecule has 1 N–H and O–H groups in total. The van der Waals surface area contributed by atoms with E-state index in [2.05, 4.69) is 17.4 Å². The maximum absolute atomic E-state index is 13.0. The number of rotatable bonds is 9. The van der Waals surface area contributed by atoms with Gasteiger partial charge in [0, 0.05) is 18.3 Å². The highest BCUT2D eigenvalue weighted by molar-refractivity contribution is 7.99. The van der Waals surface area contributed by atoms with Crippen molar-refractivity contribution in [2.24, 2.45) is 0 Å². The molecule has 0 unspecified atom stereocenters. The first-order valence-electron chi connectivity index (χ1n) is 10.4. The van der Waals surface area contributed by atoms with Gasteiger partial charge < -0.3 is 10.2 Å². The third kappa shape index (κ3) is 6.64. The lowest BCUT2D eigenvalue weighted by molar-refractivity contribution is -0.138. The molecule has 1 atom stereocenters. The van der Waals surface area contributed by atoms with E-state index in [4.69, 9.17) is 0 Å². The first-order valence-corrected chi connectivity index (χ1v) is 11.5. The van der Waals surface area contributed by atoms with Crippen molar-refractivity contribution in [2.45, 2.75) is 57.0 Å². The van der Waals surface area contributed by atoms with E-state index in [-0.39, 0.29) is 17.9 Å². The van der Waals surface area contributed by atoms with Crippen LogP contribution in [0.25, 0.3) is 0 Å². The summed E-state index contributed by atoms with van der Waals surface area (Å²) >= 11 is 1.59. The van der Waals surface area contributed by atoms with Crippen molar-refractivity contribution >= 4 is 23.6 Å². The monoisotopic (exact) mass is 410 g/mol. The Morgan fingerprint density at radius 3 is 2.21 bits per heavy atom. The predicted molar refractivity (Wildman–Crippen MR) is 119 cm³/mol. The quantitative estimate of drug-likeness (QED) is 0.667. The fraction of sp³-hybridized carbons (Fsp3) is 0.417.